The largest absolute Gasteiger partial charge is 0.351 e. The van der Waals surface area contributed by atoms with Gasteiger partial charge in [0, 0.05) is 21.8 Å². The minimum Gasteiger partial charge on any atom is -0.351 e. The third kappa shape index (κ3) is 4.22. The standard InChI is InChI=1S/C26H21FN4OS2/c1-16-22(25-29-24(30-32-25)18-8-10-19(27)11-9-18)23(17-6-4-3-5-7-17)28-26(33)31(16)20-12-14-21(34-2)15-13-20/h3-15,23H,1-2H3,(H,28,33). The van der Waals surface area contributed by atoms with Crippen LogP contribution in [0.4, 0.5) is 10.1 Å². The molecule has 1 atom stereocenters. The van der Waals surface area contributed by atoms with Gasteiger partial charge >= 0.3 is 0 Å². The van der Waals surface area contributed by atoms with E-state index in [4.69, 9.17) is 16.7 Å². The molecular weight excluding hydrogens is 467 g/mol. The van der Waals surface area contributed by atoms with Crippen molar-refractivity contribution < 1.29 is 8.91 Å². The third-order valence-corrected chi connectivity index (χ3v) is 6.75. The summed E-state index contributed by atoms with van der Waals surface area (Å²) < 4.78 is 19.1. The molecule has 170 valence electrons. The molecule has 3 aromatic carbocycles. The molecule has 0 radical (unpaired) electrons. The Hall–Kier alpha value is -3.49. The smallest absolute Gasteiger partial charge is 0.258 e. The molecule has 1 N–H and O–H groups in total. The van der Waals surface area contributed by atoms with E-state index in [0.717, 1.165) is 22.5 Å². The monoisotopic (exact) mass is 488 g/mol. The summed E-state index contributed by atoms with van der Waals surface area (Å²) in [6, 6.07) is 24.0. The lowest BCUT2D eigenvalue weighted by atomic mass is 9.94. The highest BCUT2D eigenvalue weighted by molar-refractivity contribution is 7.98. The maximum Gasteiger partial charge on any atom is 0.258 e. The van der Waals surface area contributed by atoms with Gasteiger partial charge in [-0.2, -0.15) is 4.98 Å². The quantitative estimate of drug-likeness (QED) is 0.255. The lowest BCUT2D eigenvalue weighted by molar-refractivity contribution is 0.404. The Labute approximate surface area is 206 Å². The fourth-order valence-corrected chi connectivity index (χ4v) is 4.78. The zero-order valence-corrected chi connectivity index (χ0v) is 20.2. The number of anilines is 1. The van der Waals surface area contributed by atoms with Gasteiger partial charge in [-0.3, -0.25) is 4.90 Å². The highest BCUT2D eigenvalue weighted by Crippen LogP contribution is 2.39. The summed E-state index contributed by atoms with van der Waals surface area (Å²) in [6.07, 6.45) is 2.05. The number of hydrogen-bond acceptors (Lipinski definition) is 5. The van der Waals surface area contributed by atoms with Crippen LogP contribution in [0.2, 0.25) is 0 Å². The SMILES string of the molecule is CSc1ccc(N2C(=S)NC(c3ccccc3)C(c3nc(-c4ccc(F)cc4)no3)=C2C)cc1. The number of thiocarbonyl (C=S) groups is 1. The maximum absolute atomic E-state index is 13.4. The van der Waals surface area contributed by atoms with Gasteiger partial charge in [-0.15, -0.1) is 11.8 Å². The highest BCUT2D eigenvalue weighted by atomic mass is 32.2. The zero-order valence-electron chi connectivity index (χ0n) is 18.5. The number of nitrogens with one attached hydrogen (secondary N) is 1. The molecular formula is C26H21FN4OS2. The van der Waals surface area contributed by atoms with Crippen LogP contribution in [0.1, 0.15) is 24.4 Å². The van der Waals surface area contributed by atoms with Crippen molar-refractivity contribution >= 4 is 40.4 Å². The number of benzene rings is 3. The molecule has 0 saturated heterocycles. The van der Waals surface area contributed by atoms with Gasteiger partial charge in [0.15, 0.2) is 5.11 Å². The second-order valence-corrected chi connectivity index (χ2v) is 9.02. The van der Waals surface area contributed by atoms with Crippen LogP contribution >= 0.6 is 24.0 Å². The van der Waals surface area contributed by atoms with E-state index in [0.29, 0.717) is 22.4 Å². The van der Waals surface area contributed by atoms with Crippen LogP contribution in [0.25, 0.3) is 17.0 Å². The Morgan fingerprint density at radius 1 is 1.00 bits per heavy atom. The number of thioether (sulfide) groups is 1. The first-order valence-corrected chi connectivity index (χ1v) is 12.3. The number of rotatable bonds is 5. The van der Waals surface area contributed by atoms with Gasteiger partial charge < -0.3 is 9.84 Å². The lowest BCUT2D eigenvalue weighted by Crippen LogP contribution is -2.46. The molecule has 1 aliphatic heterocycles. The molecule has 2 heterocycles. The average molecular weight is 489 g/mol. The van der Waals surface area contributed by atoms with Crippen LogP contribution in [0.15, 0.2) is 94.0 Å². The van der Waals surface area contributed by atoms with Gasteiger partial charge in [-0.25, -0.2) is 4.39 Å². The van der Waals surface area contributed by atoms with Crippen LogP contribution in [0.3, 0.4) is 0 Å². The van der Waals surface area contributed by atoms with Crippen molar-refractivity contribution in [2.24, 2.45) is 0 Å². The second-order valence-electron chi connectivity index (χ2n) is 7.76. The summed E-state index contributed by atoms with van der Waals surface area (Å²) >= 11 is 7.48. The van der Waals surface area contributed by atoms with E-state index in [1.54, 1.807) is 23.9 Å². The van der Waals surface area contributed by atoms with Crippen LogP contribution < -0.4 is 10.2 Å². The summed E-state index contributed by atoms with van der Waals surface area (Å²) in [6.45, 7) is 2.00. The summed E-state index contributed by atoms with van der Waals surface area (Å²) in [5, 5.41) is 8.22. The minimum atomic E-state index is -0.316. The Morgan fingerprint density at radius 3 is 2.38 bits per heavy atom. The minimum absolute atomic E-state index is 0.267. The van der Waals surface area contributed by atoms with E-state index >= 15 is 0 Å². The maximum atomic E-state index is 13.4. The molecule has 4 aromatic rings. The molecule has 0 aliphatic carbocycles. The van der Waals surface area contributed by atoms with Crippen LogP contribution in [-0.4, -0.2) is 21.5 Å². The zero-order chi connectivity index (χ0) is 23.7. The molecule has 0 saturated carbocycles. The molecule has 0 amide bonds. The molecule has 8 heteroatoms. The number of allylic oxidation sites excluding steroid dienone is 1. The number of nitrogens with zero attached hydrogens (tertiary/aromatic N) is 3. The van der Waals surface area contributed by atoms with Crippen molar-refractivity contribution in [2.75, 3.05) is 11.2 Å². The molecule has 5 nitrogen and oxygen atoms in total. The van der Waals surface area contributed by atoms with E-state index in [1.165, 1.54) is 17.0 Å². The van der Waals surface area contributed by atoms with E-state index in [9.17, 15) is 4.39 Å². The molecule has 1 aliphatic rings. The van der Waals surface area contributed by atoms with Gasteiger partial charge in [-0.1, -0.05) is 35.5 Å². The topological polar surface area (TPSA) is 54.2 Å². The van der Waals surface area contributed by atoms with E-state index in [-0.39, 0.29) is 11.9 Å². The molecule has 34 heavy (non-hydrogen) atoms. The second kappa shape index (κ2) is 9.40. The van der Waals surface area contributed by atoms with E-state index < -0.39 is 0 Å². The summed E-state index contributed by atoms with van der Waals surface area (Å²) in [5.41, 5.74) is 4.36. The van der Waals surface area contributed by atoms with Crippen LogP contribution in [0.5, 0.6) is 0 Å². The molecule has 0 spiro atoms. The van der Waals surface area contributed by atoms with Crippen molar-refractivity contribution in [1.82, 2.24) is 15.5 Å². The van der Waals surface area contributed by atoms with Gasteiger partial charge in [0.25, 0.3) is 5.89 Å². The average Bonchev–Trinajstić information content (AvgIpc) is 3.35. The summed E-state index contributed by atoms with van der Waals surface area (Å²) in [5.74, 6) is 0.459. The molecule has 1 unspecified atom stereocenters. The normalized spacial score (nSPS) is 16.0. The Morgan fingerprint density at radius 2 is 1.71 bits per heavy atom. The van der Waals surface area contributed by atoms with E-state index in [2.05, 4.69) is 27.6 Å². The first kappa shape index (κ1) is 22.3. The summed E-state index contributed by atoms with van der Waals surface area (Å²) in [7, 11) is 0. The first-order valence-electron chi connectivity index (χ1n) is 10.7. The molecule has 1 aromatic heterocycles. The van der Waals surface area contributed by atoms with Crippen molar-refractivity contribution in [3.63, 3.8) is 0 Å². The van der Waals surface area contributed by atoms with Gasteiger partial charge in [-0.05, 0) is 79.5 Å². The lowest BCUT2D eigenvalue weighted by Gasteiger charge is -2.37. The predicted octanol–water partition coefficient (Wildman–Crippen LogP) is 6.46. The van der Waals surface area contributed by atoms with Crippen molar-refractivity contribution in [3.05, 3.63) is 102 Å². The van der Waals surface area contributed by atoms with Gasteiger partial charge in [0.05, 0.1) is 11.6 Å². The molecule has 0 bridgehead atoms. The number of halogens is 1. The Bertz CT molecular complexity index is 1350. The third-order valence-electron chi connectivity index (χ3n) is 5.71. The summed E-state index contributed by atoms with van der Waals surface area (Å²) in [4.78, 5) is 7.82. The van der Waals surface area contributed by atoms with Crippen molar-refractivity contribution in [2.45, 2.75) is 17.9 Å². The number of hydrogen-bond donors (Lipinski definition) is 1. The Balaban J connectivity index is 1.63. The fraction of sp³-hybridized carbons (Fsp3) is 0.115. The van der Waals surface area contributed by atoms with Crippen LogP contribution in [-0.2, 0) is 0 Å². The van der Waals surface area contributed by atoms with Gasteiger partial charge in [0.2, 0.25) is 5.82 Å². The van der Waals surface area contributed by atoms with Crippen LogP contribution in [0, 0.1) is 5.82 Å². The molecule has 0 fully saturated rings. The van der Waals surface area contributed by atoms with Gasteiger partial charge in [0.1, 0.15) is 5.82 Å². The van der Waals surface area contributed by atoms with E-state index in [1.807, 2.05) is 60.5 Å². The van der Waals surface area contributed by atoms with Crippen molar-refractivity contribution in [3.8, 4) is 11.4 Å². The predicted molar refractivity (Wildman–Crippen MR) is 138 cm³/mol. The first-order chi connectivity index (χ1) is 16.5. The highest BCUT2D eigenvalue weighted by Gasteiger charge is 2.34. The Kier molecular flexibility index (Phi) is 6.17. The molecule has 5 rings (SSSR count). The van der Waals surface area contributed by atoms with Crippen molar-refractivity contribution in [1.29, 1.82) is 0 Å². The number of aromatic nitrogens is 2. The fourth-order valence-electron chi connectivity index (χ4n) is 4.01.